The molecule has 152 valence electrons. The van der Waals surface area contributed by atoms with Crippen molar-refractivity contribution in [1.29, 1.82) is 0 Å². The van der Waals surface area contributed by atoms with Gasteiger partial charge in [-0.05, 0) is 18.9 Å². The van der Waals surface area contributed by atoms with E-state index in [1.807, 2.05) is 20.8 Å². The van der Waals surface area contributed by atoms with Crippen molar-refractivity contribution in [2.24, 2.45) is 5.41 Å². The van der Waals surface area contributed by atoms with Crippen LogP contribution in [0.4, 0.5) is 0 Å². The maximum atomic E-state index is 12.4. The fourth-order valence-electron chi connectivity index (χ4n) is 2.27. The molecule has 1 aliphatic heterocycles. The highest BCUT2D eigenvalue weighted by molar-refractivity contribution is 5.90. The van der Waals surface area contributed by atoms with Crippen LogP contribution in [0.5, 0.6) is 0 Å². The number of carboxylic acid groups (broad SMARTS) is 1. The highest BCUT2D eigenvalue weighted by atomic mass is 16.8. The van der Waals surface area contributed by atoms with E-state index in [4.69, 9.17) is 19.3 Å². The van der Waals surface area contributed by atoms with Crippen molar-refractivity contribution in [2.75, 3.05) is 13.7 Å². The van der Waals surface area contributed by atoms with Crippen molar-refractivity contribution >= 4 is 23.9 Å². The summed E-state index contributed by atoms with van der Waals surface area (Å²) in [6.45, 7) is 6.67. The normalized spacial score (nSPS) is 22.9. The second-order valence-electron chi connectivity index (χ2n) is 7.31. The minimum atomic E-state index is -1.60. The predicted molar refractivity (Wildman–Crippen MR) is 91.4 cm³/mol. The standard InChI is InChI=1S/C18H26O9/c1-17(2,3)16-26-15(23)18(4,27-16)11(6-7-12(19)20)10-14(22)25-9-8-13(21)24-5/h10,16H,6-9H2,1-5H3,(H,19,20)/b11-10+/t16-,18-/m1/s1. The summed E-state index contributed by atoms with van der Waals surface area (Å²) >= 11 is 0. The maximum Gasteiger partial charge on any atom is 0.344 e. The van der Waals surface area contributed by atoms with Crippen molar-refractivity contribution in [1.82, 2.24) is 0 Å². The quantitative estimate of drug-likeness (QED) is 0.376. The molecule has 0 aromatic rings. The van der Waals surface area contributed by atoms with Gasteiger partial charge >= 0.3 is 23.9 Å². The number of aliphatic carboxylic acids is 1. The van der Waals surface area contributed by atoms with Crippen LogP contribution in [0.25, 0.3) is 0 Å². The first kappa shape index (κ1) is 22.6. The monoisotopic (exact) mass is 386 g/mol. The third-order valence-electron chi connectivity index (χ3n) is 3.94. The van der Waals surface area contributed by atoms with Gasteiger partial charge in [-0.15, -0.1) is 0 Å². The Hall–Kier alpha value is -2.42. The van der Waals surface area contributed by atoms with Crippen molar-refractivity contribution in [2.45, 2.75) is 58.8 Å². The van der Waals surface area contributed by atoms with E-state index in [1.54, 1.807) is 0 Å². The molecule has 0 aliphatic carbocycles. The van der Waals surface area contributed by atoms with Gasteiger partial charge < -0.3 is 24.1 Å². The molecule has 0 bridgehead atoms. The molecule has 27 heavy (non-hydrogen) atoms. The van der Waals surface area contributed by atoms with Gasteiger partial charge in [-0.1, -0.05) is 20.8 Å². The van der Waals surface area contributed by atoms with Crippen molar-refractivity contribution in [3.05, 3.63) is 11.6 Å². The summed E-state index contributed by atoms with van der Waals surface area (Å²) < 4.78 is 20.4. The van der Waals surface area contributed by atoms with Gasteiger partial charge in [0.2, 0.25) is 6.29 Å². The van der Waals surface area contributed by atoms with Gasteiger partial charge in [0, 0.05) is 17.9 Å². The van der Waals surface area contributed by atoms with Gasteiger partial charge in [-0.2, -0.15) is 0 Å². The molecular formula is C18H26O9. The molecule has 0 amide bonds. The molecule has 1 rings (SSSR count). The molecule has 0 spiro atoms. The second kappa shape index (κ2) is 8.98. The number of esters is 3. The summed E-state index contributed by atoms with van der Waals surface area (Å²) in [6, 6.07) is 0. The number of carbonyl (C=O) groups excluding carboxylic acids is 3. The Kier molecular flexibility index (Phi) is 7.53. The SMILES string of the molecule is COC(=O)CCOC(=O)/C=C(\CCC(=O)O)[C@@]1(C)O[C@H](C(C)(C)C)OC1=O. The third-order valence-corrected chi connectivity index (χ3v) is 3.94. The van der Waals surface area contributed by atoms with E-state index in [2.05, 4.69) is 4.74 Å². The zero-order valence-electron chi connectivity index (χ0n) is 16.2. The van der Waals surface area contributed by atoms with E-state index in [9.17, 15) is 19.2 Å². The van der Waals surface area contributed by atoms with Crippen LogP contribution in [-0.2, 0) is 38.1 Å². The molecule has 1 heterocycles. The average molecular weight is 386 g/mol. The van der Waals surface area contributed by atoms with Gasteiger partial charge in [0.05, 0.1) is 13.5 Å². The largest absolute Gasteiger partial charge is 0.481 e. The minimum absolute atomic E-state index is 0.107. The first-order valence-corrected chi connectivity index (χ1v) is 8.45. The van der Waals surface area contributed by atoms with Crippen LogP contribution in [0.1, 0.15) is 47.0 Å². The van der Waals surface area contributed by atoms with Crippen molar-refractivity contribution in [3.8, 4) is 0 Å². The minimum Gasteiger partial charge on any atom is -0.481 e. The molecule has 0 aromatic carbocycles. The fraction of sp³-hybridized carbons (Fsp3) is 0.667. The molecule has 0 unspecified atom stereocenters. The van der Waals surface area contributed by atoms with Gasteiger partial charge in [0.15, 0.2) is 5.60 Å². The Morgan fingerprint density at radius 3 is 2.33 bits per heavy atom. The van der Waals surface area contributed by atoms with E-state index >= 15 is 0 Å². The van der Waals surface area contributed by atoms with E-state index in [1.165, 1.54) is 14.0 Å². The number of carbonyl (C=O) groups is 4. The molecule has 9 nitrogen and oxygen atoms in total. The zero-order chi connectivity index (χ0) is 20.8. The van der Waals surface area contributed by atoms with Crippen LogP contribution in [0, 0.1) is 5.41 Å². The highest BCUT2D eigenvalue weighted by Gasteiger charge is 2.52. The van der Waals surface area contributed by atoms with E-state index in [0.717, 1.165) is 6.08 Å². The first-order chi connectivity index (χ1) is 12.4. The summed E-state index contributed by atoms with van der Waals surface area (Å²) in [7, 11) is 1.21. The lowest BCUT2D eigenvalue weighted by atomic mass is 9.91. The summed E-state index contributed by atoms with van der Waals surface area (Å²) in [5, 5.41) is 8.95. The molecule has 1 fully saturated rings. The number of hydrogen-bond acceptors (Lipinski definition) is 8. The van der Waals surface area contributed by atoms with E-state index in [0.29, 0.717) is 0 Å². The second-order valence-corrected chi connectivity index (χ2v) is 7.31. The fourth-order valence-corrected chi connectivity index (χ4v) is 2.27. The molecule has 1 aliphatic rings. The van der Waals surface area contributed by atoms with Gasteiger partial charge in [0.1, 0.15) is 6.61 Å². The Labute approximate surface area is 157 Å². The topological polar surface area (TPSA) is 125 Å². The van der Waals surface area contributed by atoms with Crippen LogP contribution in [0.15, 0.2) is 11.6 Å². The number of hydrogen-bond donors (Lipinski definition) is 1. The van der Waals surface area contributed by atoms with E-state index in [-0.39, 0.29) is 31.4 Å². The molecular weight excluding hydrogens is 360 g/mol. The number of cyclic esters (lactones) is 1. The van der Waals surface area contributed by atoms with Crippen LogP contribution >= 0.6 is 0 Å². The Bertz CT molecular complexity index is 629. The number of carboxylic acids is 1. The van der Waals surface area contributed by atoms with Gasteiger partial charge in [0.25, 0.3) is 0 Å². The average Bonchev–Trinajstić information content (AvgIpc) is 2.87. The molecule has 0 saturated carbocycles. The van der Waals surface area contributed by atoms with Crippen LogP contribution < -0.4 is 0 Å². The number of ether oxygens (including phenoxy) is 4. The van der Waals surface area contributed by atoms with Crippen LogP contribution in [0.2, 0.25) is 0 Å². The predicted octanol–water partition coefficient (Wildman–Crippen LogP) is 1.59. The maximum absolute atomic E-state index is 12.4. The third kappa shape index (κ3) is 6.35. The Morgan fingerprint density at radius 1 is 1.22 bits per heavy atom. The van der Waals surface area contributed by atoms with Crippen LogP contribution in [0.3, 0.4) is 0 Å². The molecule has 1 saturated heterocycles. The lowest BCUT2D eigenvalue weighted by Crippen LogP contribution is -2.37. The summed E-state index contributed by atoms with van der Waals surface area (Å²) in [5.41, 5.74) is -1.98. The summed E-state index contributed by atoms with van der Waals surface area (Å²) in [5.74, 6) is -3.17. The molecule has 1 N–H and O–H groups in total. The van der Waals surface area contributed by atoms with Crippen molar-refractivity contribution in [3.63, 3.8) is 0 Å². The molecule has 0 radical (unpaired) electrons. The molecule has 0 aromatic heterocycles. The lowest BCUT2D eigenvalue weighted by molar-refractivity contribution is -0.155. The Balaban J connectivity index is 2.98. The smallest absolute Gasteiger partial charge is 0.344 e. The zero-order valence-corrected chi connectivity index (χ0v) is 16.2. The number of rotatable bonds is 8. The van der Waals surface area contributed by atoms with Gasteiger partial charge in [-0.25, -0.2) is 9.59 Å². The summed E-state index contributed by atoms with van der Waals surface area (Å²) in [6.07, 6.45) is -0.370. The van der Waals surface area contributed by atoms with E-state index < -0.39 is 41.2 Å². The Morgan fingerprint density at radius 2 is 1.85 bits per heavy atom. The number of methoxy groups -OCH3 is 1. The van der Waals surface area contributed by atoms with Crippen molar-refractivity contribution < 1.29 is 43.2 Å². The molecule has 9 heteroatoms. The van der Waals surface area contributed by atoms with Gasteiger partial charge in [-0.3, -0.25) is 9.59 Å². The lowest BCUT2D eigenvalue weighted by Gasteiger charge is -2.27. The molecule has 2 atom stereocenters. The van der Waals surface area contributed by atoms with Crippen LogP contribution in [-0.4, -0.2) is 54.6 Å². The summed E-state index contributed by atoms with van der Waals surface area (Å²) in [4.78, 5) is 46.5. The first-order valence-electron chi connectivity index (χ1n) is 8.45. The highest BCUT2D eigenvalue weighted by Crippen LogP contribution is 2.39.